The molecule has 0 aliphatic heterocycles. The molecular formula is C8H8FNO2. The van der Waals surface area contributed by atoms with Crippen LogP contribution in [0.2, 0.25) is 0 Å². The predicted molar refractivity (Wildman–Crippen MR) is 40.3 cm³/mol. The SMILES string of the molecule is COC(=O)c1cnc(F)c(C)c1. The fourth-order valence-electron chi connectivity index (χ4n) is 0.788. The van der Waals surface area contributed by atoms with Gasteiger partial charge >= 0.3 is 5.97 Å². The molecule has 3 nitrogen and oxygen atoms in total. The summed E-state index contributed by atoms with van der Waals surface area (Å²) in [7, 11) is 1.26. The van der Waals surface area contributed by atoms with Crippen LogP contribution in [0.3, 0.4) is 0 Å². The van der Waals surface area contributed by atoms with Gasteiger partial charge < -0.3 is 4.74 Å². The van der Waals surface area contributed by atoms with Crippen LogP contribution in [0.4, 0.5) is 4.39 Å². The molecule has 0 radical (unpaired) electrons. The Hall–Kier alpha value is -1.45. The minimum Gasteiger partial charge on any atom is -0.465 e. The largest absolute Gasteiger partial charge is 0.465 e. The summed E-state index contributed by atoms with van der Waals surface area (Å²) >= 11 is 0. The normalized spacial score (nSPS) is 9.58. The Morgan fingerprint density at radius 2 is 2.33 bits per heavy atom. The maximum absolute atomic E-state index is 12.6. The molecular weight excluding hydrogens is 161 g/mol. The van der Waals surface area contributed by atoms with Crippen molar-refractivity contribution >= 4 is 5.97 Å². The van der Waals surface area contributed by atoms with E-state index in [1.54, 1.807) is 0 Å². The zero-order valence-corrected chi connectivity index (χ0v) is 6.80. The maximum Gasteiger partial charge on any atom is 0.339 e. The van der Waals surface area contributed by atoms with Crippen LogP contribution in [0, 0.1) is 12.9 Å². The molecule has 1 heterocycles. The van der Waals surface area contributed by atoms with Crippen molar-refractivity contribution in [3.8, 4) is 0 Å². The van der Waals surface area contributed by atoms with Crippen LogP contribution in [0.25, 0.3) is 0 Å². The summed E-state index contributed by atoms with van der Waals surface area (Å²) in [6, 6.07) is 1.40. The topological polar surface area (TPSA) is 39.2 Å². The smallest absolute Gasteiger partial charge is 0.339 e. The molecule has 0 saturated heterocycles. The fourth-order valence-corrected chi connectivity index (χ4v) is 0.788. The molecule has 0 saturated carbocycles. The van der Waals surface area contributed by atoms with Gasteiger partial charge in [-0.25, -0.2) is 9.78 Å². The van der Waals surface area contributed by atoms with Gasteiger partial charge in [0.05, 0.1) is 12.7 Å². The lowest BCUT2D eigenvalue weighted by molar-refractivity contribution is 0.0600. The van der Waals surface area contributed by atoms with Crippen molar-refractivity contribution in [2.45, 2.75) is 6.92 Å². The molecule has 1 rings (SSSR count). The molecule has 0 atom stereocenters. The number of pyridine rings is 1. The summed E-state index contributed by atoms with van der Waals surface area (Å²) in [4.78, 5) is 14.3. The Morgan fingerprint density at radius 3 is 2.83 bits per heavy atom. The lowest BCUT2D eigenvalue weighted by Gasteiger charge is -1.99. The minimum absolute atomic E-state index is 0.261. The third-order valence-electron chi connectivity index (χ3n) is 1.44. The van der Waals surface area contributed by atoms with E-state index in [9.17, 15) is 9.18 Å². The molecule has 0 fully saturated rings. The lowest BCUT2D eigenvalue weighted by Crippen LogP contribution is -2.03. The van der Waals surface area contributed by atoms with Gasteiger partial charge in [0.2, 0.25) is 5.95 Å². The molecule has 4 heteroatoms. The van der Waals surface area contributed by atoms with E-state index >= 15 is 0 Å². The number of aromatic nitrogens is 1. The Morgan fingerprint density at radius 1 is 1.67 bits per heavy atom. The van der Waals surface area contributed by atoms with E-state index in [2.05, 4.69) is 9.72 Å². The predicted octanol–water partition coefficient (Wildman–Crippen LogP) is 1.32. The maximum atomic E-state index is 12.6. The van der Waals surface area contributed by atoms with Crippen LogP contribution in [0.1, 0.15) is 15.9 Å². The summed E-state index contributed by atoms with van der Waals surface area (Å²) in [6.45, 7) is 1.54. The van der Waals surface area contributed by atoms with Crippen molar-refractivity contribution in [3.63, 3.8) is 0 Å². The number of esters is 1. The number of hydrogen-bond donors (Lipinski definition) is 0. The van der Waals surface area contributed by atoms with Crippen molar-refractivity contribution in [3.05, 3.63) is 29.3 Å². The highest BCUT2D eigenvalue weighted by Gasteiger charge is 2.07. The Balaban J connectivity index is 3.05. The van der Waals surface area contributed by atoms with Gasteiger partial charge in [-0.1, -0.05) is 0 Å². The quantitative estimate of drug-likeness (QED) is 0.470. The molecule has 64 valence electrons. The van der Waals surface area contributed by atoms with Gasteiger partial charge in [-0.15, -0.1) is 0 Å². The zero-order valence-electron chi connectivity index (χ0n) is 6.80. The molecule has 0 aliphatic carbocycles. The number of rotatable bonds is 1. The van der Waals surface area contributed by atoms with Crippen molar-refractivity contribution in [1.82, 2.24) is 4.98 Å². The van der Waals surface area contributed by atoms with Gasteiger partial charge in [-0.05, 0) is 13.0 Å². The Bertz CT molecular complexity index is 312. The van der Waals surface area contributed by atoms with E-state index in [-0.39, 0.29) is 5.56 Å². The van der Waals surface area contributed by atoms with E-state index in [0.717, 1.165) is 6.20 Å². The monoisotopic (exact) mass is 169 g/mol. The number of aryl methyl sites for hydroxylation is 1. The van der Waals surface area contributed by atoms with Crippen molar-refractivity contribution < 1.29 is 13.9 Å². The number of methoxy groups -OCH3 is 1. The third kappa shape index (κ3) is 1.58. The minimum atomic E-state index is -0.567. The Kier molecular flexibility index (Phi) is 2.38. The van der Waals surface area contributed by atoms with Gasteiger partial charge in [-0.3, -0.25) is 0 Å². The molecule has 12 heavy (non-hydrogen) atoms. The van der Waals surface area contributed by atoms with Crippen LogP contribution in [-0.4, -0.2) is 18.1 Å². The Labute approximate surface area is 69.2 Å². The summed E-state index contributed by atoms with van der Waals surface area (Å²) < 4.78 is 17.0. The molecule has 1 aromatic rings. The molecule has 0 amide bonds. The number of halogens is 1. The first-order chi connectivity index (χ1) is 5.65. The second kappa shape index (κ2) is 3.30. The lowest BCUT2D eigenvalue weighted by atomic mass is 10.2. The molecule has 0 bridgehead atoms. The summed E-state index contributed by atoms with van der Waals surface area (Å²) in [5.41, 5.74) is 0.592. The van der Waals surface area contributed by atoms with Gasteiger partial charge in [0, 0.05) is 11.8 Å². The van der Waals surface area contributed by atoms with Crippen molar-refractivity contribution in [2.75, 3.05) is 7.11 Å². The van der Waals surface area contributed by atoms with Crippen LogP contribution < -0.4 is 0 Å². The van der Waals surface area contributed by atoms with E-state index in [4.69, 9.17) is 0 Å². The molecule has 1 aromatic heterocycles. The fraction of sp³-hybridized carbons (Fsp3) is 0.250. The van der Waals surface area contributed by atoms with Gasteiger partial charge in [0.1, 0.15) is 0 Å². The highest BCUT2D eigenvalue weighted by atomic mass is 19.1. The van der Waals surface area contributed by atoms with Crippen molar-refractivity contribution in [1.29, 1.82) is 0 Å². The average molecular weight is 169 g/mol. The first kappa shape index (κ1) is 8.64. The van der Waals surface area contributed by atoms with E-state index in [1.165, 1.54) is 20.1 Å². The molecule has 0 unspecified atom stereocenters. The third-order valence-corrected chi connectivity index (χ3v) is 1.44. The number of carbonyl (C=O) groups excluding carboxylic acids is 1. The second-order valence-corrected chi connectivity index (χ2v) is 2.32. The highest BCUT2D eigenvalue weighted by Crippen LogP contribution is 2.06. The average Bonchev–Trinajstić information content (AvgIpc) is 2.08. The van der Waals surface area contributed by atoms with E-state index in [0.29, 0.717) is 5.56 Å². The van der Waals surface area contributed by atoms with Crippen LogP contribution in [0.15, 0.2) is 12.3 Å². The molecule has 0 spiro atoms. The first-order valence-corrected chi connectivity index (χ1v) is 3.35. The van der Waals surface area contributed by atoms with Crippen LogP contribution in [0.5, 0.6) is 0 Å². The molecule has 0 aromatic carbocycles. The van der Waals surface area contributed by atoms with Crippen LogP contribution >= 0.6 is 0 Å². The van der Waals surface area contributed by atoms with Crippen LogP contribution in [-0.2, 0) is 4.74 Å². The molecule has 0 N–H and O–H groups in total. The van der Waals surface area contributed by atoms with E-state index in [1.807, 2.05) is 0 Å². The highest BCUT2D eigenvalue weighted by molar-refractivity contribution is 5.89. The number of hydrogen-bond acceptors (Lipinski definition) is 3. The standard InChI is InChI=1S/C8H8FNO2/c1-5-3-6(8(11)12-2)4-10-7(5)9/h3-4H,1-2H3. The first-order valence-electron chi connectivity index (χ1n) is 3.35. The number of nitrogens with zero attached hydrogens (tertiary/aromatic N) is 1. The molecule has 0 aliphatic rings. The van der Waals surface area contributed by atoms with Gasteiger partial charge in [0.15, 0.2) is 0 Å². The summed E-state index contributed by atoms with van der Waals surface area (Å²) in [5.74, 6) is -1.08. The van der Waals surface area contributed by atoms with E-state index < -0.39 is 11.9 Å². The van der Waals surface area contributed by atoms with Gasteiger partial charge in [-0.2, -0.15) is 4.39 Å². The second-order valence-electron chi connectivity index (χ2n) is 2.32. The van der Waals surface area contributed by atoms with Gasteiger partial charge in [0.25, 0.3) is 0 Å². The number of ether oxygens (including phenoxy) is 1. The number of carbonyl (C=O) groups is 1. The summed E-state index contributed by atoms with van der Waals surface area (Å²) in [5, 5.41) is 0. The van der Waals surface area contributed by atoms with Crippen molar-refractivity contribution in [2.24, 2.45) is 0 Å². The zero-order chi connectivity index (χ0) is 9.14. The summed E-state index contributed by atoms with van der Waals surface area (Å²) in [6.07, 6.45) is 1.15.